The van der Waals surface area contributed by atoms with Gasteiger partial charge in [-0.1, -0.05) is 56.6 Å². The summed E-state index contributed by atoms with van der Waals surface area (Å²) >= 11 is 6.10. The van der Waals surface area contributed by atoms with Crippen molar-refractivity contribution >= 4 is 22.4 Å². The highest BCUT2D eigenvalue weighted by Gasteiger charge is 2.18. The molecule has 21 heavy (non-hydrogen) atoms. The van der Waals surface area contributed by atoms with E-state index < -0.39 is 0 Å². The number of fused-ring (bicyclic) bond motifs is 1. The molecule has 1 nitrogen and oxygen atoms in total. The van der Waals surface area contributed by atoms with E-state index in [1.165, 1.54) is 16.3 Å². The molecule has 3 aromatic rings. The Kier molecular flexibility index (Phi) is 3.46. The van der Waals surface area contributed by atoms with Gasteiger partial charge in [0, 0.05) is 16.8 Å². The molecule has 0 fully saturated rings. The Balaban J connectivity index is 2.31. The fourth-order valence-corrected chi connectivity index (χ4v) is 2.80. The first-order valence-corrected chi connectivity index (χ1v) is 7.48. The maximum absolute atomic E-state index is 6.10. The Morgan fingerprint density at radius 3 is 2.43 bits per heavy atom. The average Bonchev–Trinajstić information content (AvgIpc) is 2.45. The lowest BCUT2D eigenvalue weighted by atomic mass is 9.82. The molecule has 2 heteroatoms. The number of halogens is 1. The summed E-state index contributed by atoms with van der Waals surface area (Å²) in [5.74, 6) is 0. The van der Waals surface area contributed by atoms with Gasteiger partial charge in [-0.3, -0.25) is 4.98 Å². The van der Waals surface area contributed by atoms with E-state index in [4.69, 9.17) is 11.6 Å². The molecule has 0 amide bonds. The van der Waals surface area contributed by atoms with Gasteiger partial charge in [0.15, 0.2) is 0 Å². The van der Waals surface area contributed by atoms with Crippen LogP contribution >= 0.6 is 11.6 Å². The van der Waals surface area contributed by atoms with E-state index in [2.05, 4.69) is 62.2 Å². The molecule has 2 aromatic carbocycles. The van der Waals surface area contributed by atoms with Crippen LogP contribution in [0.1, 0.15) is 26.3 Å². The van der Waals surface area contributed by atoms with Gasteiger partial charge in [-0.05, 0) is 46.0 Å². The van der Waals surface area contributed by atoms with Crippen LogP contribution in [0.2, 0.25) is 5.02 Å². The van der Waals surface area contributed by atoms with Crippen LogP contribution in [0.4, 0.5) is 0 Å². The number of pyridine rings is 1. The van der Waals surface area contributed by atoms with Gasteiger partial charge in [-0.25, -0.2) is 0 Å². The third kappa shape index (κ3) is 2.79. The average molecular weight is 296 g/mol. The van der Waals surface area contributed by atoms with Crippen LogP contribution in [0.5, 0.6) is 0 Å². The van der Waals surface area contributed by atoms with Crippen LogP contribution in [0.3, 0.4) is 0 Å². The number of benzene rings is 2. The predicted molar refractivity (Wildman–Crippen MR) is 90.9 cm³/mol. The van der Waals surface area contributed by atoms with Crippen LogP contribution in [-0.2, 0) is 5.41 Å². The lowest BCUT2D eigenvalue weighted by Crippen LogP contribution is -2.12. The summed E-state index contributed by atoms with van der Waals surface area (Å²) in [6.07, 6.45) is 1.75. The topological polar surface area (TPSA) is 12.9 Å². The molecule has 106 valence electrons. The molecule has 0 saturated carbocycles. The lowest BCUT2D eigenvalue weighted by molar-refractivity contribution is 0.596. The van der Waals surface area contributed by atoms with Crippen molar-refractivity contribution in [1.29, 1.82) is 0 Å². The number of aromatic nitrogens is 1. The molecular weight excluding hydrogens is 278 g/mol. The maximum atomic E-state index is 6.10. The highest BCUT2D eigenvalue weighted by molar-refractivity contribution is 6.30. The molecular formula is C19H18ClN. The first-order chi connectivity index (χ1) is 9.95. The summed E-state index contributed by atoms with van der Waals surface area (Å²) in [7, 11) is 0. The zero-order valence-electron chi connectivity index (χ0n) is 12.5. The molecule has 0 atom stereocenters. The van der Waals surface area contributed by atoms with E-state index in [0.29, 0.717) is 5.02 Å². The van der Waals surface area contributed by atoms with Crippen molar-refractivity contribution in [2.75, 3.05) is 0 Å². The highest BCUT2D eigenvalue weighted by Crippen LogP contribution is 2.34. The molecule has 0 aliphatic heterocycles. The Hall–Kier alpha value is -1.86. The Labute approximate surface area is 130 Å². The smallest absolute Gasteiger partial charge is 0.0717 e. The van der Waals surface area contributed by atoms with Crippen molar-refractivity contribution < 1.29 is 0 Å². The molecule has 3 rings (SSSR count). The Morgan fingerprint density at radius 1 is 0.952 bits per heavy atom. The fraction of sp³-hybridized carbons (Fsp3) is 0.211. The van der Waals surface area contributed by atoms with E-state index in [0.717, 1.165) is 11.3 Å². The van der Waals surface area contributed by atoms with Crippen LogP contribution < -0.4 is 0 Å². The first-order valence-electron chi connectivity index (χ1n) is 7.10. The summed E-state index contributed by atoms with van der Waals surface area (Å²) in [6.45, 7) is 6.72. The monoisotopic (exact) mass is 295 g/mol. The number of hydrogen-bond donors (Lipinski definition) is 0. The number of hydrogen-bond acceptors (Lipinski definition) is 1. The van der Waals surface area contributed by atoms with Gasteiger partial charge in [0.1, 0.15) is 0 Å². The largest absolute Gasteiger partial charge is 0.256 e. The Bertz CT molecular complexity index is 800. The predicted octanol–water partition coefficient (Wildman–Crippen LogP) is 5.85. The molecule has 0 bridgehead atoms. The van der Waals surface area contributed by atoms with Gasteiger partial charge in [0.05, 0.1) is 5.69 Å². The van der Waals surface area contributed by atoms with Gasteiger partial charge >= 0.3 is 0 Å². The highest BCUT2D eigenvalue weighted by atomic mass is 35.5. The van der Waals surface area contributed by atoms with Crippen molar-refractivity contribution in [1.82, 2.24) is 4.98 Å². The van der Waals surface area contributed by atoms with Gasteiger partial charge in [0.2, 0.25) is 0 Å². The molecule has 0 aliphatic rings. The van der Waals surface area contributed by atoms with E-state index in [9.17, 15) is 0 Å². The molecule has 0 N–H and O–H groups in total. The van der Waals surface area contributed by atoms with Crippen molar-refractivity contribution in [3.63, 3.8) is 0 Å². The molecule has 0 aliphatic carbocycles. The van der Waals surface area contributed by atoms with Crippen molar-refractivity contribution in [3.05, 3.63) is 65.3 Å². The lowest BCUT2D eigenvalue weighted by Gasteiger charge is -2.22. The zero-order chi connectivity index (χ0) is 15.0. The molecule has 0 radical (unpaired) electrons. The number of nitrogens with zero attached hydrogens (tertiary/aromatic N) is 1. The van der Waals surface area contributed by atoms with Crippen molar-refractivity contribution in [2.45, 2.75) is 26.2 Å². The summed E-state index contributed by atoms with van der Waals surface area (Å²) < 4.78 is 0. The van der Waals surface area contributed by atoms with Gasteiger partial charge in [-0.15, -0.1) is 0 Å². The van der Waals surface area contributed by atoms with Gasteiger partial charge < -0.3 is 0 Å². The summed E-state index contributed by atoms with van der Waals surface area (Å²) in [4.78, 5) is 4.46. The molecule has 0 saturated heterocycles. The van der Waals surface area contributed by atoms with Gasteiger partial charge in [-0.2, -0.15) is 0 Å². The van der Waals surface area contributed by atoms with Gasteiger partial charge in [0.25, 0.3) is 0 Å². The normalized spacial score (nSPS) is 11.8. The second-order valence-corrected chi connectivity index (χ2v) is 6.79. The first kappa shape index (κ1) is 14.1. The fourth-order valence-electron chi connectivity index (χ4n) is 2.64. The van der Waals surface area contributed by atoms with E-state index >= 15 is 0 Å². The second kappa shape index (κ2) is 5.16. The Morgan fingerprint density at radius 2 is 1.71 bits per heavy atom. The van der Waals surface area contributed by atoms with E-state index in [1.54, 1.807) is 12.3 Å². The third-order valence-electron chi connectivity index (χ3n) is 3.69. The maximum Gasteiger partial charge on any atom is 0.0717 e. The van der Waals surface area contributed by atoms with Crippen LogP contribution in [0.25, 0.3) is 22.0 Å². The van der Waals surface area contributed by atoms with Crippen molar-refractivity contribution in [3.8, 4) is 11.3 Å². The van der Waals surface area contributed by atoms with Crippen LogP contribution in [-0.4, -0.2) is 4.98 Å². The van der Waals surface area contributed by atoms with Crippen LogP contribution in [0, 0.1) is 0 Å². The SMILES string of the molecule is CC(C)(C)c1cc(-c2cc(Cl)ccn2)cc2ccccc12. The summed E-state index contributed by atoms with van der Waals surface area (Å²) in [5.41, 5.74) is 3.44. The molecule has 1 heterocycles. The molecule has 0 unspecified atom stereocenters. The quantitative estimate of drug-likeness (QED) is 0.548. The zero-order valence-corrected chi connectivity index (χ0v) is 13.3. The van der Waals surface area contributed by atoms with Crippen molar-refractivity contribution in [2.24, 2.45) is 0 Å². The van der Waals surface area contributed by atoms with E-state index in [1.807, 2.05) is 6.07 Å². The third-order valence-corrected chi connectivity index (χ3v) is 3.92. The minimum absolute atomic E-state index is 0.0776. The number of rotatable bonds is 1. The molecule has 1 aromatic heterocycles. The minimum Gasteiger partial charge on any atom is -0.256 e. The standard InChI is InChI=1S/C19H18ClN/c1-19(2,3)17-11-14(18-12-15(20)8-9-21-18)10-13-6-4-5-7-16(13)17/h4-12H,1-3H3. The molecule has 0 spiro atoms. The van der Waals surface area contributed by atoms with Crippen LogP contribution in [0.15, 0.2) is 54.7 Å². The summed E-state index contributed by atoms with van der Waals surface area (Å²) in [6, 6.07) is 16.6. The minimum atomic E-state index is 0.0776. The van der Waals surface area contributed by atoms with E-state index in [-0.39, 0.29) is 5.41 Å². The summed E-state index contributed by atoms with van der Waals surface area (Å²) in [5, 5.41) is 3.25. The second-order valence-electron chi connectivity index (χ2n) is 6.35.